The third kappa shape index (κ3) is 5.13. The standard InChI is InChI=1S/C19H22N2O2S/c1-19(2,3)14-5-4-6-15(10-14)21-11-13-9-16(7-8-17(13)20)24-12-18(22)23/h4-11H,12,20H2,1-3H3,(H,22,23). The summed E-state index contributed by atoms with van der Waals surface area (Å²) in [6, 6.07) is 13.6. The van der Waals surface area contributed by atoms with Crippen molar-refractivity contribution in [2.45, 2.75) is 31.1 Å². The van der Waals surface area contributed by atoms with E-state index >= 15 is 0 Å². The number of benzene rings is 2. The number of carboxylic acids is 1. The predicted octanol–water partition coefficient (Wildman–Crippen LogP) is 4.49. The first-order valence-corrected chi connectivity index (χ1v) is 8.63. The molecule has 0 fully saturated rings. The van der Waals surface area contributed by atoms with Crippen LogP contribution in [0.2, 0.25) is 0 Å². The average molecular weight is 342 g/mol. The molecule has 0 unspecified atom stereocenters. The van der Waals surface area contributed by atoms with E-state index in [2.05, 4.69) is 37.9 Å². The van der Waals surface area contributed by atoms with Crippen LogP contribution in [-0.4, -0.2) is 23.0 Å². The topological polar surface area (TPSA) is 75.7 Å². The van der Waals surface area contributed by atoms with Gasteiger partial charge in [0.25, 0.3) is 0 Å². The van der Waals surface area contributed by atoms with E-state index in [9.17, 15) is 4.79 Å². The molecule has 2 aromatic carbocycles. The molecule has 0 spiro atoms. The van der Waals surface area contributed by atoms with Crippen molar-refractivity contribution in [2.24, 2.45) is 4.99 Å². The number of anilines is 1. The van der Waals surface area contributed by atoms with Gasteiger partial charge in [0.15, 0.2) is 0 Å². The summed E-state index contributed by atoms with van der Waals surface area (Å²) in [5, 5.41) is 8.77. The summed E-state index contributed by atoms with van der Waals surface area (Å²) in [6.07, 6.45) is 1.72. The Bertz CT molecular complexity index is 764. The fourth-order valence-corrected chi connectivity index (χ4v) is 2.76. The van der Waals surface area contributed by atoms with E-state index < -0.39 is 5.97 Å². The molecule has 0 heterocycles. The van der Waals surface area contributed by atoms with Gasteiger partial charge < -0.3 is 10.8 Å². The molecular formula is C19H22N2O2S. The van der Waals surface area contributed by atoms with Crippen molar-refractivity contribution in [1.82, 2.24) is 0 Å². The molecule has 0 radical (unpaired) electrons. The molecule has 0 aliphatic heterocycles. The predicted molar refractivity (Wildman–Crippen MR) is 102 cm³/mol. The molecule has 3 N–H and O–H groups in total. The van der Waals surface area contributed by atoms with Crippen molar-refractivity contribution in [1.29, 1.82) is 0 Å². The highest BCUT2D eigenvalue weighted by atomic mass is 32.2. The number of nitrogen functional groups attached to an aromatic ring is 1. The zero-order valence-electron chi connectivity index (χ0n) is 14.1. The van der Waals surface area contributed by atoms with Gasteiger partial charge in [-0.05, 0) is 41.3 Å². The van der Waals surface area contributed by atoms with Crippen LogP contribution in [0.4, 0.5) is 11.4 Å². The number of hydrogen-bond donors (Lipinski definition) is 2. The van der Waals surface area contributed by atoms with E-state index in [4.69, 9.17) is 10.8 Å². The van der Waals surface area contributed by atoms with Crippen molar-refractivity contribution < 1.29 is 9.90 Å². The molecule has 0 aliphatic rings. The minimum Gasteiger partial charge on any atom is -0.481 e. The molecule has 0 atom stereocenters. The Balaban J connectivity index is 2.22. The largest absolute Gasteiger partial charge is 0.481 e. The van der Waals surface area contributed by atoms with E-state index in [1.807, 2.05) is 24.3 Å². The Labute approximate surface area is 146 Å². The maximum absolute atomic E-state index is 10.7. The van der Waals surface area contributed by atoms with Gasteiger partial charge in [0.1, 0.15) is 0 Å². The number of carbonyl (C=O) groups is 1. The highest BCUT2D eigenvalue weighted by Gasteiger charge is 2.13. The van der Waals surface area contributed by atoms with Crippen LogP contribution in [0.5, 0.6) is 0 Å². The van der Waals surface area contributed by atoms with Crippen molar-refractivity contribution in [3.05, 3.63) is 53.6 Å². The van der Waals surface area contributed by atoms with Crippen LogP contribution in [0.1, 0.15) is 31.9 Å². The minimum atomic E-state index is -0.842. The Kier molecular flexibility index (Phi) is 5.67. The van der Waals surface area contributed by atoms with Crippen LogP contribution in [0.3, 0.4) is 0 Å². The Morgan fingerprint density at radius 3 is 2.67 bits per heavy atom. The number of aliphatic carboxylic acids is 1. The molecule has 2 aromatic rings. The molecule has 0 saturated carbocycles. The minimum absolute atomic E-state index is 0.0220. The van der Waals surface area contributed by atoms with Crippen molar-refractivity contribution in [3.63, 3.8) is 0 Å². The molecule has 0 bridgehead atoms. The van der Waals surface area contributed by atoms with Crippen molar-refractivity contribution in [2.75, 3.05) is 11.5 Å². The monoisotopic (exact) mass is 342 g/mol. The number of nitrogens with two attached hydrogens (primary N) is 1. The van der Waals surface area contributed by atoms with E-state index in [0.717, 1.165) is 16.1 Å². The van der Waals surface area contributed by atoms with Crippen molar-refractivity contribution in [3.8, 4) is 0 Å². The Morgan fingerprint density at radius 1 is 1.25 bits per heavy atom. The van der Waals surface area contributed by atoms with Crippen molar-refractivity contribution >= 4 is 35.3 Å². The van der Waals surface area contributed by atoms with Gasteiger partial charge in [0.05, 0.1) is 11.4 Å². The van der Waals surface area contributed by atoms with E-state index in [-0.39, 0.29) is 11.2 Å². The summed E-state index contributed by atoms with van der Waals surface area (Å²) in [6.45, 7) is 6.49. The molecule has 126 valence electrons. The summed E-state index contributed by atoms with van der Waals surface area (Å²) in [5.74, 6) is -0.820. The van der Waals surface area contributed by atoms with Gasteiger partial charge in [-0.25, -0.2) is 0 Å². The zero-order chi connectivity index (χ0) is 17.7. The molecule has 0 aliphatic carbocycles. The van der Waals surface area contributed by atoms with Gasteiger partial charge in [0, 0.05) is 22.4 Å². The normalized spacial score (nSPS) is 11.8. The first-order chi connectivity index (χ1) is 11.3. The number of nitrogens with zero attached hydrogens (tertiary/aromatic N) is 1. The summed E-state index contributed by atoms with van der Waals surface area (Å²) in [7, 11) is 0. The molecule has 2 rings (SSSR count). The lowest BCUT2D eigenvalue weighted by atomic mass is 9.87. The number of aliphatic imine (C=N–C) groups is 1. The van der Waals surface area contributed by atoms with Gasteiger partial charge in [-0.3, -0.25) is 9.79 Å². The summed E-state index contributed by atoms with van der Waals surface area (Å²) in [4.78, 5) is 16.1. The number of hydrogen-bond acceptors (Lipinski definition) is 4. The highest BCUT2D eigenvalue weighted by molar-refractivity contribution is 8.00. The van der Waals surface area contributed by atoms with E-state index in [0.29, 0.717) is 5.69 Å². The van der Waals surface area contributed by atoms with Crippen LogP contribution in [-0.2, 0) is 10.2 Å². The second kappa shape index (κ2) is 7.53. The quantitative estimate of drug-likeness (QED) is 0.477. The fraction of sp³-hybridized carbons (Fsp3) is 0.263. The lowest BCUT2D eigenvalue weighted by molar-refractivity contribution is -0.133. The van der Waals surface area contributed by atoms with E-state index in [1.165, 1.54) is 17.3 Å². The maximum Gasteiger partial charge on any atom is 0.313 e. The first-order valence-electron chi connectivity index (χ1n) is 7.64. The van der Waals surface area contributed by atoms with Gasteiger partial charge in [0.2, 0.25) is 0 Å². The van der Waals surface area contributed by atoms with Gasteiger partial charge in [-0.15, -0.1) is 11.8 Å². The van der Waals surface area contributed by atoms with Gasteiger partial charge >= 0.3 is 5.97 Å². The zero-order valence-corrected chi connectivity index (χ0v) is 14.9. The van der Waals surface area contributed by atoms with E-state index in [1.54, 1.807) is 12.3 Å². The molecule has 5 heteroatoms. The molecule has 4 nitrogen and oxygen atoms in total. The number of carboxylic acid groups (broad SMARTS) is 1. The summed E-state index contributed by atoms with van der Waals surface area (Å²) < 4.78 is 0. The van der Waals surface area contributed by atoms with Crippen LogP contribution in [0, 0.1) is 0 Å². The third-order valence-corrected chi connectivity index (χ3v) is 4.46. The average Bonchev–Trinajstić information content (AvgIpc) is 2.52. The second-order valence-corrected chi connectivity index (χ2v) is 7.58. The van der Waals surface area contributed by atoms with Gasteiger partial charge in [-0.1, -0.05) is 32.9 Å². The number of rotatable bonds is 5. The SMILES string of the molecule is CC(C)(C)c1cccc(N=Cc2cc(SCC(=O)O)ccc2N)c1. The summed E-state index contributed by atoms with van der Waals surface area (Å²) >= 11 is 1.26. The van der Waals surface area contributed by atoms with Gasteiger partial charge in [-0.2, -0.15) is 0 Å². The fourth-order valence-electron chi connectivity index (χ4n) is 2.10. The third-order valence-electron chi connectivity index (χ3n) is 3.49. The molecular weight excluding hydrogens is 320 g/mol. The van der Waals surface area contributed by atoms with Crippen LogP contribution >= 0.6 is 11.8 Å². The smallest absolute Gasteiger partial charge is 0.313 e. The Morgan fingerprint density at radius 2 is 2.00 bits per heavy atom. The van der Waals surface area contributed by atoms with Crippen LogP contribution < -0.4 is 5.73 Å². The number of thioether (sulfide) groups is 1. The maximum atomic E-state index is 10.7. The first kappa shape index (κ1) is 18.1. The molecule has 0 aromatic heterocycles. The Hall–Kier alpha value is -2.27. The second-order valence-electron chi connectivity index (χ2n) is 6.53. The lowest BCUT2D eigenvalue weighted by Crippen LogP contribution is -2.10. The molecule has 0 saturated heterocycles. The lowest BCUT2D eigenvalue weighted by Gasteiger charge is -2.19. The van der Waals surface area contributed by atoms with Crippen LogP contribution in [0.15, 0.2) is 52.4 Å². The highest BCUT2D eigenvalue weighted by Crippen LogP contribution is 2.26. The summed E-state index contributed by atoms with van der Waals surface area (Å²) in [5.41, 5.74) is 9.54. The molecule has 24 heavy (non-hydrogen) atoms. The van der Waals surface area contributed by atoms with Crippen LogP contribution in [0.25, 0.3) is 0 Å². The molecule has 0 amide bonds.